The molecule has 0 unspecified atom stereocenters. The molecule has 1 heterocycles. The van der Waals surface area contributed by atoms with E-state index < -0.39 is 0 Å². The highest BCUT2D eigenvalue weighted by atomic mass is 32.1. The number of hydrogen-bond donors (Lipinski definition) is 1. The van der Waals surface area contributed by atoms with Gasteiger partial charge in [-0.05, 0) is 43.3 Å². The van der Waals surface area contributed by atoms with Crippen LogP contribution in [-0.4, -0.2) is 22.8 Å². The highest BCUT2D eigenvalue weighted by Gasteiger charge is 2.12. The molecule has 0 aliphatic carbocycles. The normalized spacial score (nSPS) is 11.4. The van der Waals surface area contributed by atoms with Crippen LogP contribution in [0.2, 0.25) is 0 Å². The number of benzene rings is 2. The Morgan fingerprint density at radius 2 is 1.84 bits per heavy atom. The van der Waals surface area contributed by atoms with Crippen LogP contribution in [-0.2, 0) is 7.05 Å². The van der Waals surface area contributed by atoms with Crippen molar-refractivity contribution in [2.24, 2.45) is 12.0 Å². The topological polar surface area (TPSA) is 68.5 Å². The molecule has 1 amide bonds. The quantitative estimate of drug-likeness (QED) is 0.782. The lowest BCUT2D eigenvalue weighted by atomic mass is 10.2. The van der Waals surface area contributed by atoms with Gasteiger partial charge < -0.3 is 10.1 Å². The number of rotatable bonds is 4. The largest absolute Gasteiger partial charge is 0.497 e. The van der Waals surface area contributed by atoms with Gasteiger partial charge in [0.15, 0.2) is 0 Å². The van der Waals surface area contributed by atoms with Crippen molar-refractivity contribution in [3.05, 3.63) is 63.9 Å². The number of aryl methyl sites for hydroxylation is 2. The Morgan fingerprint density at radius 1 is 1.16 bits per heavy atom. The van der Waals surface area contributed by atoms with Gasteiger partial charge in [-0.3, -0.25) is 4.79 Å². The van der Waals surface area contributed by atoms with Crippen LogP contribution >= 0.6 is 11.3 Å². The number of aromatic nitrogens is 2. The third kappa shape index (κ3) is 4.13. The van der Waals surface area contributed by atoms with Crippen LogP contribution in [0.4, 0.5) is 11.4 Å². The van der Waals surface area contributed by atoms with Gasteiger partial charge in [-0.25, -0.2) is 9.67 Å². The lowest BCUT2D eigenvalue weighted by molar-refractivity contribution is 0.102. The van der Waals surface area contributed by atoms with E-state index in [4.69, 9.17) is 4.74 Å². The number of hydrogen-bond acceptors (Lipinski definition) is 5. The van der Waals surface area contributed by atoms with Gasteiger partial charge in [-0.2, -0.15) is 5.10 Å². The molecular weight excluding hydrogens is 336 g/mol. The van der Waals surface area contributed by atoms with Gasteiger partial charge in [0.25, 0.3) is 5.91 Å². The van der Waals surface area contributed by atoms with Crippen molar-refractivity contribution in [3.63, 3.8) is 0 Å². The predicted molar refractivity (Wildman–Crippen MR) is 98.4 cm³/mol. The highest BCUT2D eigenvalue weighted by Crippen LogP contribution is 2.17. The molecule has 7 heteroatoms. The summed E-state index contributed by atoms with van der Waals surface area (Å²) in [6, 6.07) is 15.0. The number of amides is 1. The molecule has 0 saturated carbocycles. The number of nitrogens with zero attached hydrogens (tertiary/aromatic N) is 3. The summed E-state index contributed by atoms with van der Waals surface area (Å²) in [6.07, 6.45) is 0. The zero-order valence-corrected chi connectivity index (χ0v) is 15.0. The number of methoxy groups -OCH3 is 1. The lowest BCUT2D eigenvalue weighted by Gasteiger charge is -2.02. The van der Waals surface area contributed by atoms with Crippen molar-refractivity contribution < 1.29 is 9.53 Å². The molecule has 0 atom stereocenters. The second-order valence-corrected chi connectivity index (χ2v) is 6.40. The summed E-state index contributed by atoms with van der Waals surface area (Å²) in [5, 5.41) is 7.46. The van der Waals surface area contributed by atoms with Gasteiger partial charge in [0.05, 0.1) is 12.8 Å². The zero-order chi connectivity index (χ0) is 17.8. The monoisotopic (exact) mass is 354 g/mol. The Hall–Kier alpha value is -2.93. The third-order valence-electron chi connectivity index (χ3n) is 3.51. The van der Waals surface area contributed by atoms with E-state index in [9.17, 15) is 4.79 Å². The second-order valence-electron chi connectivity index (χ2n) is 5.44. The predicted octanol–water partition coefficient (Wildman–Crippen LogP) is 3.28. The van der Waals surface area contributed by atoms with Crippen LogP contribution in [0.5, 0.6) is 5.75 Å². The first-order valence-electron chi connectivity index (χ1n) is 7.66. The van der Waals surface area contributed by atoms with Gasteiger partial charge in [0, 0.05) is 12.7 Å². The van der Waals surface area contributed by atoms with Gasteiger partial charge in [-0.1, -0.05) is 29.0 Å². The molecule has 3 aromatic rings. The molecule has 6 nitrogen and oxygen atoms in total. The van der Waals surface area contributed by atoms with Crippen molar-refractivity contribution >= 4 is 28.6 Å². The fourth-order valence-electron chi connectivity index (χ4n) is 2.13. The van der Waals surface area contributed by atoms with Crippen molar-refractivity contribution in [2.45, 2.75) is 6.92 Å². The summed E-state index contributed by atoms with van der Waals surface area (Å²) in [4.78, 5) is 17.5. The molecule has 3 rings (SSSR count). The minimum Gasteiger partial charge on any atom is -0.497 e. The highest BCUT2D eigenvalue weighted by molar-refractivity contribution is 7.11. The number of nitrogens with one attached hydrogen (secondary N) is 1. The number of anilines is 1. The number of carbonyl (C=O) groups excluding carboxylic acids is 1. The summed E-state index contributed by atoms with van der Waals surface area (Å²) in [7, 11) is 3.38. The van der Waals surface area contributed by atoms with E-state index in [1.807, 2.05) is 55.5 Å². The van der Waals surface area contributed by atoms with E-state index in [-0.39, 0.29) is 5.91 Å². The van der Waals surface area contributed by atoms with E-state index in [0.29, 0.717) is 9.81 Å². The summed E-state index contributed by atoms with van der Waals surface area (Å²) >= 11 is 1.24. The Bertz CT molecular complexity index is 940. The van der Waals surface area contributed by atoms with Crippen molar-refractivity contribution in [1.29, 1.82) is 0 Å². The molecule has 0 radical (unpaired) electrons. The lowest BCUT2D eigenvalue weighted by Crippen LogP contribution is -2.13. The van der Waals surface area contributed by atoms with Gasteiger partial charge >= 0.3 is 0 Å². The van der Waals surface area contributed by atoms with Crippen LogP contribution in [0, 0.1) is 6.92 Å². The van der Waals surface area contributed by atoms with E-state index in [2.05, 4.69) is 15.4 Å². The van der Waals surface area contributed by atoms with Crippen molar-refractivity contribution in [1.82, 2.24) is 9.78 Å². The summed E-state index contributed by atoms with van der Waals surface area (Å²) in [6.45, 7) is 2.00. The van der Waals surface area contributed by atoms with Gasteiger partial charge in [0.1, 0.15) is 5.75 Å². The third-order valence-corrected chi connectivity index (χ3v) is 4.50. The van der Waals surface area contributed by atoms with Crippen LogP contribution in [0.15, 0.2) is 53.5 Å². The molecule has 25 heavy (non-hydrogen) atoms. The van der Waals surface area contributed by atoms with Crippen molar-refractivity contribution in [2.75, 3.05) is 12.4 Å². The van der Waals surface area contributed by atoms with Crippen LogP contribution < -0.4 is 14.9 Å². The Labute approximate surface area is 149 Å². The molecule has 2 aromatic carbocycles. The molecule has 1 N–H and O–H groups in total. The van der Waals surface area contributed by atoms with Gasteiger partial charge in [-0.15, -0.1) is 0 Å². The fourth-order valence-corrected chi connectivity index (χ4v) is 2.93. The summed E-state index contributed by atoms with van der Waals surface area (Å²) in [5.74, 6) is 0.520. The van der Waals surface area contributed by atoms with E-state index in [1.54, 1.807) is 18.8 Å². The molecule has 128 valence electrons. The molecule has 1 aromatic heterocycles. The minimum absolute atomic E-state index is 0.249. The number of ether oxygens (including phenoxy) is 1. The SMILES string of the molecule is COc1ccc(N=c2sc(C(=O)Nc3ccc(C)cc3)nn2C)cc1. The first kappa shape index (κ1) is 16.9. The minimum atomic E-state index is -0.249. The maximum Gasteiger partial charge on any atom is 0.286 e. The second kappa shape index (κ2) is 7.31. The maximum absolute atomic E-state index is 12.4. The smallest absolute Gasteiger partial charge is 0.286 e. The Morgan fingerprint density at radius 3 is 2.48 bits per heavy atom. The number of carbonyl (C=O) groups is 1. The summed E-state index contributed by atoms with van der Waals surface area (Å²) in [5.41, 5.74) is 2.65. The fraction of sp³-hybridized carbons (Fsp3) is 0.167. The standard InChI is InChI=1S/C18H18N4O2S/c1-12-4-6-13(7-5-12)19-16(23)17-21-22(2)18(25-17)20-14-8-10-15(24-3)11-9-14/h4-11H,1-3H3,(H,19,23). The maximum atomic E-state index is 12.4. The first-order valence-corrected chi connectivity index (χ1v) is 8.48. The Balaban J connectivity index is 1.82. The molecule has 0 aliphatic heterocycles. The first-order chi connectivity index (χ1) is 12.0. The molecule has 0 bridgehead atoms. The van der Waals surface area contributed by atoms with Gasteiger partial charge in [0.2, 0.25) is 9.81 Å². The van der Waals surface area contributed by atoms with Crippen LogP contribution in [0.1, 0.15) is 15.4 Å². The average Bonchev–Trinajstić information content (AvgIpc) is 2.98. The molecule has 0 saturated heterocycles. The molecule has 0 spiro atoms. The molecular formula is C18H18N4O2S. The Kier molecular flexibility index (Phi) is 4.95. The van der Waals surface area contributed by atoms with Crippen molar-refractivity contribution in [3.8, 4) is 5.75 Å². The zero-order valence-electron chi connectivity index (χ0n) is 14.2. The molecule has 0 aliphatic rings. The van der Waals surface area contributed by atoms with Crippen LogP contribution in [0.25, 0.3) is 0 Å². The summed E-state index contributed by atoms with van der Waals surface area (Å²) < 4.78 is 6.73. The van der Waals surface area contributed by atoms with Crippen LogP contribution in [0.3, 0.4) is 0 Å². The average molecular weight is 354 g/mol. The molecule has 0 fully saturated rings. The van der Waals surface area contributed by atoms with E-state index in [0.717, 1.165) is 22.7 Å². The van der Waals surface area contributed by atoms with E-state index in [1.165, 1.54) is 11.3 Å². The van der Waals surface area contributed by atoms with E-state index >= 15 is 0 Å².